The summed E-state index contributed by atoms with van der Waals surface area (Å²) < 4.78 is 0. The predicted octanol–water partition coefficient (Wildman–Crippen LogP) is 4.42. The van der Waals surface area contributed by atoms with E-state index in [0.717, 1.165) is 5.56 Å². The monoisotopic (exact) mass is 390 g/mol. The number of pyridine rings is 1. The van der Waals surface area contributed by atoms with Crippen molar-refractivity contribution in [3.63, 3.8) is 0 Å². The van der Waals surface area contributed by atoms with Crippen molar-refractivity contribution in [3.8, 4) is 6.07 Å². The summed E-state index contributed by atoms with van der Waals surface area (Å²) in [6, 6.07) is 16.7. The highest BCUT2D eigenvalue weighted by Gasteiger charge is 2.11. The third kappa shape index (κ3) is 4.53. The largest absolute Gasteiger partial charge is 0.322 e. The number of halogens is 1. The molecule has 2 amide bonds. The fraction of sp³-hybridized carbons (Fsp3) is 0.0476. The second-order valence-electron chi connectivity index (χ2n) is 6.00. The van der Waals surface area contributed by atoms with Crippen LogP contribution in [-0.2, 0) is 0 Å². The molecule has 0 saturated heterocycles. The lowest BCUT2D eigenvalue weighted by Gasteiger charge is -2.12. The van der Waals surface area contributed by atoms with Gasteiger partial charge in [0.05, 0.1) is 17.2 Å². The highest BCUT2D eigenvalue weighted by molar-refractivity contribution is 6.29. The van der Waals surface area contributed by atoms with Gasteiger partial charge in [0, 0.05) is 23.1 Å². The van der Waals surface area contributed by atoms with Gasteiger partial charge >= 0.3 is 0 Å². The number of nitrogens with zero attached hydrogens (tertiary/aromatic N) is 2. The van der Waals surface area contributed by atoms with Crippen LogP contribution in [0.1, 0.15) is 31.8 Å². The van der Waals surface area contributed by atoms with E-state index >= 15 is 0 Å². The smallest absolute Gasteiger partial charge is 0.257 e. The Morgan fingerprint density at radius 2 is 1.64 bits per heavy atom. The number of rotatable bonds is 4. The van der Waals surface area contributed by atoms with E-state index in [0.29, 0.717) is 33.2 Å². The summed E-state index contributed by atoms with van der Waals surface area (Å²) in [5, 5.41) is 14.7. The van der Waals surface area contributed by atoms with Crippen molar-refractivity contribution >= 4 is 34.8 Å². The maximum atomic E-state index is 12.4. The van der Waals surface area contributed by atoms with Crippen molar-refractivity contribution in [2.45, 2.75) is 6.92 Å². The molecule has 0 saturated carbocycles. The Hall–Kier alpha value is -3.69. The molecule has 7 heteroatoms. The lowest BCUT2D eigenvalue weighted by molar-refractivity contribution is 0.101. The standard InChI is InChI=1S/C21H15ClN4O2/c1-13-2-8-17(25-20(27)15-5-3-14(11-23)4-6-15)10-18(13)26-21(28)16-7-9-19(22)24-12-16/h2-10,12H,1H3,(H,25,27)(H,26,28). The van der Waals surface area contributed by atoms with Gasteiger partial charge in [0.1, 0.15) is 5.15 Å². The number of benzene rings is 2. The van der Waals surface area contributed by atoms with Gasteiger partial charge in [-0.05, 0) is 61.0 Å². The van der Waals surface area contributed by atoms with Crippen LogP contribution in [0.25, 0.3) is 0 Å². The van der Waals surface area contributed by atoms with Crippen molar-refractivity contribution < 1.29 is 9.59 Å². The molecule has 2 aromatic carbocycles. The SMILES string of the molecule is Cc1ccc(NC(=O)c2ccc(C#N)cc2)cc1NC(=O)c1ccc(Cl)nc1. The predicted molar refractivity (Wildman–Crippen MR) is 107 cm³/mol. The van der Waals surface area contributed by atoms with Crippen molar-refractivity contribution in [2.24, 2.45) is 0 Å². The molecule has 0 radical (unpaired) electrons. The van der Waals surface area contributed by atoms with Crippen LogP contribution < -0.4 is 10.6 Å². The number of anilines is 2. The van der Waals surface area contributed by atoms with E-state index < -0.39 is 0 Å². The molecule has 0 aliphatic rings. The molecule has 3 aromatic rings. The Balaban J connectivity index is 1.75. The maximum Gasteiger partial charge on any atom is 0.257 e. The highest BCUT2D eigenvalue weighted by Crippen LogP contribution is 2.22. The third-order valence-corrected chi connectivity index (χ3v) is 4.23. The van der Waals surface area contributed by atoms with E-state index in [2.05, 4.69) is 15.6 Å². The van der Waals surface area contributed by atoms with E-state index in [-0.39, 0.29) is 11.8 Å². The molecule has 0 atom stereocenters. The van der Waals surface area contributed by atoms with Gasteiger partial charge in [0.2, 0.25) is 0 Å². The average Bonchev–Trinajstić information content (AvgIpc) is 2.71. The van der Waals surface area contributed by atoms with Gasteiger partial charge in [-0.3, -0.25) is 9.59 Å². The minimum absolute atomic E-state index is 0.306. The van der Waals surface area contributed by atoms with Crippen LogP contribution in [0.2, 0.25) is 5.15 Å². The molecule has 0 bridgehead atoms. The lowest BCUT2D eigenvalue weighted by Crippen LogP contribution is -2.15. The molecule has 1 heterocycles. The number of hydrogen-bond donors (Lipinski definition) is 2. The van der Waals surface area contributed by atoms with Gasteiger partial charge in [-0.25, -0.2) is 4.98 Å². The molecule has 0 fully saturated rings. The molecule has 0 spiro atoms. The number of aryl methyl sites for hydroxylation is 1. The van der Waals surface area contributed by atoms with Crippen LogP contribution in [0, 0.1) is 18.3 Å². The minimum atomic E-state index is -0.331. The molecular formula is C21H15ClN4O2. The van der Waals surface area contributed by atoms with E-state index in [1.54, 1.807) is 48.5 Å². The summed E-state index contributed by atoms with van der Waals surface area (Å²) in [6.45, 7) is 1.85. The average molecular weight is 391 g/mol. The van der Waals surface area contributed by atoms with Crippen molar-refractivity contribution in [2.75, 3.05) is 10.6 Å². The van der Waals surface area contributed by atoms with Crippen molar-refractivity contribution in [3.05, 3.63) is 88.2 Å². The van der Waals surface area contributed by atoms with Crippen molar-refractivity contribution in [1.29, 1.82) is 5.26 Å². The Kier molecular flexibility index (Phi) is 5.68. The number of nitriles is 1. The van der Waals surface area contributed by atoms with E-state index in [9.17, 15) is 9.59 Å². The first-order valence-corrected chi connectivity index (χ1v) is 8.69. The highest BCUT2D eigenvalue weighted by atomic mass is 35.5. The summed E-state index contributed by atoms with van der Waals surface area (Å²) in [5.74, 6) is -0.643. The van der Waals surface area contributed by atoms with Gasteiger partial charge in [0.15, 0.2) is 0 Å². The summed E-state index contributed by atoms with van der Waals surface area (Å²) in [5.41, 5.74) is 3.22. The Labute approximate surface area is 166 Å². The number of carbonyl (C=O) groups excluding carboxylic acids is 2. The molecule has 0 aliphatic carbocycles. The summed E-state index contributed by atoms with van der Waals surface area (Å²) in [6.07, 6.45) is 1.39. The van der Waals surface area contributed by atoms with E-state index in [1.165, 1.54) is 12.3 Å². The van der Waals surface area contributed by atoms with Gasteiger partial charge in [-0.15, -0.1) is 0 Å². The van der Waals surface area contributed by atoms with Gasteiger partial charge in [0.25, 0.3) is 11.8 Å². The van der Waals surface area contributed by atoms with Crippen LogP contribution >= 0.6 is 11.6 Å². The first-order chi connectivity index (χ1) is 13.5. The zero-order valence-corrected chi connectivity index (χ0v) is 15.6. The number of carbonyl (C=O) groups is 2. The number of amides is 2. The zero-order chi connectivity index (χ0) is 20.1. The molecule has 1 aromatic heterocycles. The molecule has 6 nitrogen and oxygen atoms in total. The second kappa shape index (κ2) is 8.33. The molecule has 3 rings (SSSR count). The Morgan fingerprint density at radius 1 is 0.964 bits per heavy atom. The van der Waals surface area contributed by atoms with Gasteiger partial charge in [-0.1, -0.05) is 17.7 Å². The molecule has 0 unspecified atom stereocenters. The fourth-order valence-corrected chi connectivity index (χ4v) is 2.55. The summed E-state index contributed by atoms with van der Waals surface area (Å²) >= 11 is 5.74. The molecule has 2 N–H and O–H groups in total. The van der Waals surface area contributed by atoms with Crippen LogP contribution in [0.5, 0.6) is 0 Å². The minimum Gasteiger partial charge on any atom is -0.322 e. The molecule has 0 aliphatic heterocycles. The van der Waals surface area contributed by atoms with Crippen LogP contribution in [0.15, 0.2) is 60.8 Å². The quantitative estimate of drug-likeness (QED) is 0.644. The third-order valence-electron chi connectivity index (χ3n) is 4.01. The lowest BCUT2D eigenvalue weighted by atomic mass is 10.1. The topological polar surface area (TPSA) is 94.9 Å². The molecular weight excluding hydrogens is 376 g/mol. The van der Waals surface area contributed by atoms with Crippen molar-refractivity contribution in [1.82, 2.24) is 4.98 Å². The van der Waals surface area contributed by atoms with Gasteiger partial charge in [-0.2, -0.15) is 5.26 Å². The normalized spacial score (nSPS) is 10.0. The van der Waals surface area contributed by atoms with Gasteiger partial charge < -0.3 is 10.6 Å². The molecule has 28 heavy (non-hydrogen) atoms. The molecule has 138 valence electrons. The first kappa shape index (κ1) is 19.1. The number of nitrogens with one attached hydrogen (secondary N) is 2. The summed E-state index contributed by atoms with van der Waals surface area (Å²) in [7, 11) is 0. The first-order valence-electron chi connectivity index (χ1n) is 8.31. The zero-order valence-electron chi connectivity index (χ0n) is 14.9. The van der Waals surface area contributed by atoms with E-state index in [4.69, 9.17) is 16.9 Å². The number of hydrogen-bond acceptors (Lipinski definition) is 4. The Bertz CT molecular complexity index is 1070. The maximum absolute atomic E-state index is 12.4. The van der Waals surface area contributed by atoms with Crippen LogP contribution in [-0.4, -0.2) is 16.8 Å². The van der Waals surface area contributed by atoms with E-state index in [1.807, 2.05) is 13.0 Å². The Morgan fingerprint density at radius 3 is 2.29 bits per heavy atom. The second-order valence-corrected chi connectivity index (χ2v) is 6.38. The van der Waals surface area contributed by atoms with Crippen LogP contribution in [0.4, 0.5) is 11.4 Å². The summed E-state index contributed by atoms with van der Waals surface area (Å²) in [4.78, 5) is 28.7. The number of aromatic nitrogens is 1. The van der Waals surface area contributed by atoms with Crippen LogP contribution in [0.3, 0.4) is 0 Å². The fourth-order valence-electron chi connectivity index (χ4n) is 2.44.